The summed E-state index contributed by atoms with van der Waals surface area (Å²) in [6.07, 6.45) is 3.41. The third-order valence-electron chi connectivity index (χ3n) is 2.60. The van der Waals surface area contributed by atoms with E-state index in [1.807, 2.05) is 19.1 Å². The van der Waals surface area contributed by atoms with E-state index in [9.17, 15) is 0 Å². The van der Waals surface area contributed by atoms with Crippen molar-refractivity contribution >= 4 is 27.3 Å². The molecule has 4 nitrogen and oxygen atoms in total. The number of nitrogens with zero attached hydrogens (tertiary/aromatic N) is 2. The normalized spacial score (nSPS) is 12.6. The molecule has 96 valence electrons. The van der Waals surface area contributed by atoms with Gasteiger partial charge in [-0.1, -0.05) is 0 Å². The second-order valence-electron chi connectivity index (χ2n) is 4.10. The largest absolute Gasteiger partial charge is 0.271 e. The maximum absolute atomic E-state index is 5.59. The summed E-state index contributed by atoms with van der Waals surface area (Å²) in [4.78, 5) is 8.80. The molecule has 2 heterocycles. The van der Waals surface area contributed by atoms with Crippen LogP contribution in [-0.4, -0.2) is 16.0 Å². The molecule has 2 aromatic heterocycles. The molecule has 0 spiro atoms. The maximum atomic E-state index is 5.59. The molecule has 0 aliphatic heterocycles. The van der Waals surface area contributed by atoms with Crippen LogP contribution in [0.5, 0.6) is 0 Å². The molecule has 1 atom stereocenters. The summed E-state index contributed by atoms with van der Waals surface area (Å²) >= 11 is 5.04. The van der Waals surface area contributed by atoms with Crippen LogP contribution in [0.4, 0.5) is 0 Å². The van der Waals surface area contributed by atoms with Gasteiger partial charge in [-0.05, 0) is 35.0 Å². The lowest BCUT2D eigenvalue weighted by molar-refractivity contribution is 0.513. The van der Waals surface area contributed by atoms with Crippen LogP contribution in [0.1, 0.15) is 16.4 Å². The smallest absolute Gasteiger partial charge is 0.0897 e. The SMILES string of the molecule is Cc1nc(CC(Cc2ccc(Br)cn2)NN)cs1. The van der Waals surface area contributed by atoms with Gasteiger partial charge in [-0.25, -0.2) is 4.98 Å². The van der Waals surface area contributed by atoms with Gasteiger partial charge >= 0.3 is 0 Å². The van der Waals surface area contributed by atoms with E-state index >= 15 is 0 Å². The van der Waals surface area contributed by atoms with Crippen LogP contribution < -0.4 is 11.3 Å². The summed E-state index contributed by atoms with van der Waals surface area (Å²) in [5, 5.41) is 3.16. The summed E-state index contributed by atoms with van der Waals surface area (Å²) in [5.74, 6) is 5.59. The first-order valence-electron chi connectivity index (χ1n) is 5.65. The lowest BCUT2D eigenvalue weighted by Crippen LogP contribution is -2.38. The fourth-order valence-electron chi connectivity index (χ4n) is 1.72. The number of thiazole rings is 1. The summed E-state index contributed by atoms with van der Waals surface area (Å²) in [5.41, 5.74) is 4.94. The minimum atomic E-state index is 0.153. The Kier molecular flexibility index (Phi) is 4.82. The molecule has 0 radical (unpaired) electrons. The van der Waals surface area contributed by atoms with Crippen molar-refractivity contribution in [2.24, 2.45) is 5.84 Å². The predicted molar refractivity (Wildman–Crippen MR) is 77.3 cm³/mol. The van der Waals surface area contributed by atoms with Crippen LogP contribution in [0.3, 0.4) is 0 Å². The highest BCUT2D eigenvalue weighted by Crippen LogP contribution is 2.13. The molecule has 0 aromatic carbocycles. The Morgan fingerprint density at radius 1 is 1.39 bits per heavy atom. The number of nitrogens with one attached hydrogen (secondary N) is 1. The van der Waals surface area contributed by atoms with E-state index in [-0.39, 0.29) is 6.04 Å². The number of rotatable bonds is 5. The molecule has 2 aromatic rings. The Hall–Kier alpha value is -0.820. The zero-order valence-electron chi connectivity index (χ0n) is 10.1. The van der Waals surface area contributed by atoms with Crippen molar-refractivity contribution in [2.45, 2.75) is 25.8 Å². The van der Waals surface area contributed by atoms with Crippen LogP contribution in [-0.2, 0) is 12.8 Å². The number of nitrogens with two attached hydrogens (primary N) is 1. The first-order chi connectivity index (χ1) is 8.67. The minimum Gasteiger partial charge on any atom is -0.271 e. The van der Waals surface area contributed by atoms with Crippen molar-refractivity contribution in [1.82, 2.24) is 15.4 Å². The molecule has 18 heavy (non-hydrogen) atoms. The monoisotopic (exact) mass is 326 g/mol. The first kappa shape index (κ1) is 13.6. The Morgan fingerprint density at radius 3 is 2.72 bits per heavy atom. The van der Waals surface area contributed by atoms with E-state index in [1.165, 1.54) is 0 Å². The highest BCUT2D eigenvalue weighted by Gasteiger charge is 2.11. The van der Waals surface area contributed by atoms with E-state index in [1.54, 1.807) is 17.5 Å². The maximum Gasteiger partial charge on any atom is 0.0897 e. The van der Waals surface area contributed by atoms with Crippen LogP contribution in [0, 0.1) is 6.92 Å². The second-order valence-corrected chi connectivity index (χ2v) is 6.08. The number of aryl methyl sites for hydroxylation is 1. The van der Waals surface area contributed by atoms with Crippen LogP contribution in [0.2, 0.25) is 0 Å². The fraction of sp³-hybridized carbons (Fsp3) is 0.333. The van der Waals surface area contributed by atoms with Gasteiger partial charge in [0.25, 0.3) is 0 Å². The zero-order chi connectivity index (χ0) is 13.0. The van der Waals surface area contributed by atoms with Crippen molar-refractivity contribution in [2.75, 3.05) is 0 Å². The van der Waals surface area contributed by atoms with E-state index in [2.05, 4.69) is 36.7 Å². The summed E-state index contributed by atoms with van der Waals surface area (Å²) < 4.78 is 0.985. The Morgan fingerprint density at radius 2 is 2.17 bits per heavy atom. The van der Waals surface area contributed by atoms with Crippen LogP contribution >= 0.6 is 27.3 Å². The van der Waals surface area contributed by atoms with Crippen molar-refractivity contribution in [1.29, 1.82) is 0 Å². The Labute approximate surface area is 119 Å². The standard InChI is InChI=1S/C12H15BrN4S/c1-8-16-12(7-18-8)5-11(17-14)4-10-3-2-9(13)6-15-10/h2-3,6-7,11,17H,4-5,14H2,1H3. The first-order valence-corrected chi connectivity index (χ1v) is 7.32. The average molecular weight is 327 g/mol. The van der Waals surface area contributed by atoms with Gasteiger partial charge in [0.05, 0.1) is 10.7 Å². The number of aromatic nitrogens is 2. The number of hydrazine groups is 1. The minimum absolute atomic E-state index is 0.153. The summed E-state index contributed by atoms with van der Waals surface area (Å²) in [6, 6.07) is 4.14. The van der Waals surface area contributed by atoms with E-state index < -0.39 is 0 Å². The van der Waals surface area contributed by atoms with E-state index in [0.29, 0.717) is 0 Å². The molecule has 0 amide bonds. The van der Waals surface area contributed by atoms with Crippen molar-refractivity contribution in [3.8, 4) is 0 Å². The van der Waals surface area contributed by atoms with Crippen LogP contribution in [0.15, 0.2) is 28.2 Å². The van der Waals surface area contributed by atoms with E-state index in [4.69, 9.17) is 5.84 Å². The number of pyridine rings is 1. The van der Waals surface area contributed by atoms with Gasteiger partial charge in [0.15, 0.2) is 0 Å². The topological polar surface area (TPSA) is 63.8 Å². The molecular weight excluding hydrogens is 312 g/mol. The lowest BCUT2D eigenvalue weighted by atomic mass is 10.1. The van der Waals surface area contributed by atoms with Gasteiger partial charge in [0, 0.05) is 40.6 Å². The number of hydrogen-bond donors (Lipinski definition) is 2. The van der Waals surface area contributed by atoms with E-state index in [0.717, 1.165) is 33.7 Å². The van der Waals surface area contributed by atoms with Gasteiger partial charge in [0.1, 0.15) is 0 Å². The molecule has 0 saturated heterocycles. The molecule has 6 heteroatoms. The van der Waals surface area contributed by atoms with Crippen molar-refractivity contribution in [3.05, 3.63) is 44.6 Å². The molecule has 3 N–H and O–H groups in total. The fourth-order valence-corrected chi connectivity index (χ4v) is 2.58. The highest BCUT2D eigenvalue weighted by molar-refractivity contribution is 9.10. The Balaban J connectivity index is 1.99. The second kappa shape index (κ2) is 6.38. The van der Waals surface area contributed by atoms with Gasteiger partial charge in [-0.3, -0.25) is 16.3 Å². The summed E-state index contributed by atoms with van der Waals surface area (Å²) in [6.45, 7) is 2.01. The third-order valence-corrected chi connectivity index (χ3v) is 3.89. The third kappa shape index (κ3) is 3.84. The molecular formula is C12H15BrN4S. The molecule has 1 unspecified atom stereocenters. The molecule has 0 bridgehead atoms. The Bertz CT molecular complexity index is 497. The van der Waals surface area contributed by atoms with Gasteiger partial charge in [-0.15, -0.1) is 11.3 Å². The number of halogens is 1. The van der Waals surface area contributed by atoms with Crippen molar-refractivity contribution in [3.63, 3.8) is 0 Å². The molecule has 0 saturated carbocycles. The molecule has 2 rings (SSSR count). The predicted octanol–water partition coefficient (Wildman–Crippen LogP) is 2.23. The summed E-state index contributed by atoms with van der Waals surface area (Å²) in [7, 11) is 0. The highest BCUT2D eigenvalue weighted by atomic mass is 79.9. The van der Waals surface area contributed by atoms with Gasteiger partial charge in [0.2, 0.25) is 0 Å². The lowest BCUT2D eigenvalue weighted by Gasteiger charge is -2.14. The average Bonchev–Trinajstić information content (AvgIpc) is 2.77. The molecule has 0 aliphatic rings. The van der Waals surface area contributed by atoms with Gasteiger partial charge in [-0.2, -0.15) is 0 Å². The van der Waals surface area contributed by atoms with Gasteiger partial charge < -0.3 is 0 Å². The van der Waals surface area contributed by atoms with Crippen LogP contribution in [0.25, 0.3) is 0 Å². The zero-order valence-corrected chi connectivity index (χ0v) is 12.5. The number of hydrogen-bond acceptors (Lipinski definition) is 5. The van der Waals surface area contributed by atoms with Crippen molar-refractivity contribution < 1.29 is 0 Å². The molecule has 0 fully saturated rings. The quantitative estimate of drug-likeness (QED) is 0.653. The molecule has 0 aliphatic carbocycles.